The van der Waals surface area contributed by atoms with Crippen molar-refractivity contribution in [1.29, 1.82) is 0 Å². The van der Waals surface area contributed by atoms with Gasteiger partial charge in [-0.2, -0.15) is 0 Å². The highest BCUT2D eigenvalue weighted by atomic mass is 16.6. The lowest BCUT2D eigenvalue weighted by Gasteiger charge is -2.39. The van der Waals surface area contributed by atoms with Gasteiger partial charge in [0.2, 0.25) is 11.8 Å². The SMILES string of the molecule is CC(C)(C)OC(=O)CC(=O)N1CCC2(CCN(C(=O)CNC(=O)c3ccco3)CC2)C1. The number of ether oxygens (including phenoxy) is 1. The number of nitrogens with one attached hydrogen (secondary N) is 1. The van der Waals surface area contributed by atoms with Crippen LogP contribution in [-0.2, 0) is 19.1 Å². The van der Waals surface area contributed by atoms with Crippen LogP contribution in [0, 0.1) is 5.41 Å². The molecule has 0 saturated carbocycles. The summed E-state index contributed by atoms with van der Waals surface area (Å²) in [4.78, 5) is 52.3. The van der Waals surface area contributed by atoms with E-state index in [-0.39, 0.29) is 36.0 Å². The molecule has 2 aliphatic heterocycles. The Morgan fingerprint density at radius 1 is 1.06 bits per heavy atom. The van der Waals surface area contributed by atoms with Crippen LogP contribution in [0.1, 0.15) is 57.0 Å². The van der Waals surface area contributed by atoms with Crippen LogP contribution in [0.15, 0.2) is 22.8 Å². The Balaban J connectivity index is 1.42. The van der Waals surface area contributed by atoms with E-state index in [2.05, 4.69) is 5.32 Å². The molecule has 0 atom stereocenters. The van der Waals surface area contributed by atoms with Crippen molar-refractivity contribution in [1.82, 2.24) is 15.1 Å². The molecule has 1 aromatic heterocycles. The van der Waals surface area contributed by atoms with Gasteiger partial charge in [0.05, 0.1) is 12.8 Å². The summed E-state index contributed by atoms with van der Waals surface area (Å²) in [5.41, 5.74) is -0.627. The molecule has 3 rings (SSSR count). The number of amides is 3. The highest BCUT2D eigenvalue weighted by Gasteiger charge is 2.43. The number of furan rings is 1. The Labute approximate surface area is 182 Å². The summed E-state index contributed by atoms with van der Waals surface area (Å²) in [7, 11) is 0. The fraction of sp³-hybridized carbons (Fsp3) is 0.636. The zero-order valence-electron chi connectivity index (χ0n) is 18.4. The summed E-state index contributed by atoms with van der Waals surface area (Å²) >= 11 is 0. The van der Waals surface area contributed by atoms with E-state index in [0.29, 0.717) is 26.2 Å². The molecule has 0 aliphatic carbocycles. The van der Waals surface area contributed by atoms with Crippen molar-refractivity contribution in [2.24, 2.45) is 5.41 Å². The van der Waals surface area contributed by atoms with Gasteiger partial charge in [0.25, 0.3) is 5.91 Å². The molecular formula is C22H31N3O6. The highest BCUT2D eigenvalue weighted by molar-refractivity contribution is 5.95. The largest absolute Gasteiger partial charge is 0.460 e. The fourth-order valence-electron chi connectivity index (χ4n) is 4.16. The van der Waals surface area contributed by atoms with Gasteiger partial charge >= 0.3 is 5.97 Å². The Kier molecular flexibility index (Phi) is 6.71. The van der Waals surface area contributed by atoms with Crippen LogP contribution >= 0.6 is 0 Å². The molecule has 0 bridgehead atoms. The smallest absolute Gasteiger partial charge is 0.315 e. The molecule has 2 saturated heterocycles. The normalized spacial score (nSPS) is 18.2. The third-order valence-electron chi connectivity index (χ3n) is 5.83. The molecule has 2 fully saturated rings. The van der Waals surface area contributed by atoms with Crippen LogP contribution in [0.4, 0.5) is 0 Å². The lowest BCUT2D eigenvalue weighted by molar-refractivity contribution is -0.158. The highest BCUT2D eigenvalue weighted by Crippen LogP contribution is 2.40. The summed E-state index contributed by atoms with van der Waals surface area (Å²) in [6.45, 7) is 7.65. The Morgan fingerprint density at radius 2 is 1.71 bits per heavy atom. The minimum Gasteiger partial charge on any atom is -0.460 e. The first-order chi connectivity index (χ1) is 14.6. The van der Waals surface area contributed by atoms with Crippen molar-refractivity contribution in [3.8, 4) is 0 Å². The van der Waals surface area contributed by atoms with Crippen LogP contribution in [0.25, 0.3) is 0 Å². The van der Waals surface area contributed by atoms with E-state index in [1.54, 1.807) is 42.7 Å². The van der Waals surface area contributed by atoms with E-state index in [9.17, 15) is 19.2 Å². The van der Waals surface area contributed by atoms with E-state index >= 15 is 0 Å². The van der Waals surface area contributed by atoms with Crippen LogP contribution in [0.2, 0.25) is 0 Å². The molecule has 1 spiro atoms. The summed E-state index contributed by atoms with van der Waals surface area (Å²) in [5, 5.41) is 2.58. The number of hydrogen-bond donors (Lipinski definition) is 1. The van der Waals surface area contributed by atoms with E-state index in [1.807, 2.05) is 0 Å². The third-order valence-corrected chi connectivity index (χ3v) is 5.83. The zero-order chi connectivity index (χ0) is 22.6. The van der Waals surface area contributed by atoms with Gasteiger partial charge in [-0.25, -0.2) is 0 Å². The Bertz CT molecular complexity index is 819. The Hall–Kier alpha value is -2.84. The van der Waals surface area contributed by atoms with Gasteiger partial charge in [-0.15, -0.1) is 0 Å². The number of carbonyl (C=O) groups is 4. The lowest BCUT2D eigenvalue weighted by atomic mass is 9.78. The first-order valence-corrected chi connectivity index (χ1v) is 10.7. The molecule has 1 aromatic rings. The van der Waals surface area contributed by atoms with Crippen molar-refractivity contribution < 1.29 is 28.3 Å². The lowest BCUT2D eigenvalue weighted by Crippen LogP contribution is -2.47. The maximum Gasteiger partial charge on any atom is 0.315 e. The predicted octanol–water partition coefficient (Wildman–Crippen LogP) is 1.58. The summed E-state index contributed by atoms with van der Waals surface area (Å²) in [6, 6.07) is 3.16. The van der Waals surface area contributed by atoms with Crippen LogP contribution in [0.3, 0.4) is 0 Å². The van der Waals surface area contributed by atoms with Crippen molar-refractivity contribution in [2.75, 3.05) is 32.7 Å². The van der Waals surface area contributed by atoms with Crippen molar-refractivity contribution >= 4 is 23.7 Å². The second kappa shape index (κ2) is 9.11. The number of nitrogens with zero attached hydrogens (tertiary/aromatic N) is 2. The van der Waals surface area contributed by atoms with E-state index < -0.39 is 17.5 Å². The molecule has 9 heteroatoms. The molecule has 3 heterocycles. The first-order valence-electron chi connectivity index (χ1n) is 10.7. The maximum atomic E-state index is 12.5. The third kappa shape index (κ3) is 6.08. The summed E-state index contributed by atoms with van der Waals surface area (Å²) in [5.74, 6) is -1.08. The number of piperidine rings is 1. The van der Waals surface area contributed by atoms with Gasteiger partial charge in [-0.05, 0) is 57.6 Å². The zero-order valence-corrected chi connectivity index (χ0v) is 18.4. The second-order valence-corrected chi connectivity index (χ2v) is 9.37. The average Bonchev–Trinajstić information content (AvgIpc) is 3.36. The molecular weight excluding hydrogens is 402 g/mol. The average molecular weight is 434 g/mol. The van der Waals surface area contributed by atoms with Gasteiger partial charge in [0, 0.05) is 26.2 Å². The van der Waals surface area contributed by atoms with Crippen molar-refractivity contribution in [3.63, 3.8) is 0 Å². The second-order valence-electron chi connectivity index (χ2n) is 9.37. The predicted molar refractivity (Wildman–Crippen MR) is 111 cm³/mol. The molecule has 170 valence electrons. The molecule has 2 aliphatic rings. The standard InChI is InChI=1S/C22H31N3O6/c1-21(2,3)31-19(28)13-17(26)25-11-8-22(15-25)6-9-24(10-7-22)18(27)14-23-20(29)16-5-4-12-30-16/h4-5,12H,6-11,13-15H2,1-3H3,(H,23,29). The van der Waals surface area contributed by atoms with Gasteiger partial charge in [0.1, 0.15) is 12.0 Å². The number of rotatable bonds is 5. The Morgan fingerprint density at radius 3 is 2.29 bits per heavy atom. The minimum atomic E-state index is -0.611. The van der Waals surface area contributed by atoms with E-state index in [1.165, 1.54) is 6.26 Å². The molecule has 0 aromatic carbocycles. The molecule has 1 N–H and O–H groups in total. The quantitative estimate of drug-likeness (QED) is 0.558. The molecule has 0 radical (unpaired) electrons. The van der Waals surface area contributed by atoms with Gasteiger partial charge in [-0.1, -0.05) is 0 Å². The van der Waals surface area contributed by atoms with E-state index in [4.69, 9.17) is 9.15 Å². The maximum absolute atomic E-state index is 12.5. The summed E-state index contributed by atoms with van der Waals surface area (Å²) < 4.78 is 10.3. The number of esters is 1. The minimum absolute atomic E-state index is 0.0161. The fourth-order valence-corrected chi connectivity index (χ4v) is 4.16. The first kappa shape index (κ1) is 22.8. The van der Waals surface area contributed by atoms with Crippen LogP contribution < -0.4 is 5.32 Å². The van der Waals surface area contributed by atoms with Gasteiger partial charge < -0.3 is 24.3 Å². The molecule has 3 amide bonds. The topological polar surface area (TPSA) is 109 Å². The molecule has 31 heavy (non-hydrogen) atoms. The van der Waals surface area contributed by atoms with Crippen LogP contribution in [-0.4, -0.2) is 71.8 Å². The van der Waals surface area contributed by atoms with Gasteiger partial charge in [-0.3, -0.25) is 19.2 Å². The van der Waals surface area contributed by atoms with Crippen molar-refractivity contribution in [2.45, 2.75) is 52.1 Å². The number of likely N-dealkylation sites (tertiary alicyclic amines) is 2. The molecule has 0 unspecified atom stereocenters. The number of carbonyl (C=O) groups excluding carboxylic acids is 4. The van der Waals surface area contributed by atoms with Gasteiger partial charge in [0.15, 0.2) is 5.76 Å². The molecule has 9 nitrogen and oxygen atoms in total. The van der Waals surface area contributed by atoms with Crippen LogP contribution in [0.5, 0.6) is 0 Å². The summed E-state index contributed by atoms with van der Waals surface area (Å²) in [6.07, 6.45) is 3.61. The number of hydrogen-bond acceptors (Lipinski definition) is 6. The van der Waals surface area contributed by atoms with Crippen molar-refractivity contribution in [3.05, 3.63) is 24.2 Å². The van der Waals surface area contributed by atoms with E-state index in [0.717, 1.165) is 19.3 Å². The monoisotopic (exact) mass is 433 g/mol.